The van der Waals surface area contributed by atoms with Crippen LogP contribution in [-0.4, -0.2) is 30.6 Å². The van der Waals surface area contributed by atoms with Gasteiger partial charge in [-0.15, -0.1) is 0 Å². The first kappa shape index (κ1) is 17.2. The van der Waals surface area contributed by atoms with Gasteiger partial charge in [-0.3, -0.25) is 0 Å². The Morgan fingerprint density at radius 3 is 2.25 bits per heavy atom. The Bertz CT molecular complexity index is 372. The summed E-state index contributed by atoms with van der Waals surface area (Å²) in [5, 5.41) is 3.65. The highest BCUT2D eigenvalue weighted by Gasteiger charge is 2.26. The highest BCUT2D eigenvalue weighted by molar-refractivity contribution is 5.19. The van der Waals surface area contributed by atoms with Gasteiger partial charge in [0.2, 0.25) is 0 Å². The van der Waals surface area contributed by atoms with E-state index in [1.165, 1.54) is 12.0 Å². The molecule has 0 aliphatic rings. The second-order valence-corrected chi connectivity index (χ2v) is 6.47. The summed E-state index contributed by atoms with van der Waals surface area (Å²) < 4.78 is 0. The molecule has 1 N–H and O–H groups in total. The highest BCUT2D eigenvalue weighted by atomic mass is 15.2. The maximum atomic E-state index is 3.65. The monoisotopic (exact) mass is 276 g/mol. The van der Waals surface area contributed by atoms with E-state index in [-0.39, 0.29) is 5.54 Å². The van der Waals surface area contributed by atoms with Crippen molar-refractivity contribution in [3.05, 3.63) is 35.9 Å². The standard InChI is InChI=1S/C18H32N2/c1-7-18(4,5)20(6)14-15(3)17(19-8-2)16-12-10-9-11-13-16/h9-13,15,17,19H,7-8,14H2,1-6H3. The minimum atomic E-state index is 0.266. The van der Waals surface area contributed by atoms with Gasteiger partial charge in [0.25, 0.3) is 0 Å². The lowest BCUT2D eigenvalue weighted by Crippen LogP contribution is -2.44. The summed E-state index contributed by atoms with van der Waals surface area (Å²) in [6, 6.07) is 11.2. The predicted molar refractivity (Wildman–Crippen MR) is 89.0 cm³/mol. The first-order valence-electron chi connectivity index (χ1n) is 7.92. The lowest BCUT2D eigenvalue weighted by Gasteiger charge is -2.38. The molecule has 1 rings (SSSR count). The Balaban J connectivity index is 2.78. The largest absolute Gasteiger partial charge is 0.310 e. The highest BCUT2D eigenvalue weighted by Crippen LogP contribution is 2.25. The molecule has 0 amide bonds. The second kappa shape index (κ2) is 7.80. The lowest BCUT2D eigenvalue weighted by atomic mass is 9.91. The van der Waals surface area contributed by atoms with Crippen molar-refractivity contribution in [2.75, 3.05) is 20.1 Å². The zero-order valence-electron chi connectivity index (χ0n) is 14.1. The van der Waals surface area contributed by atoms with Crippen LogP contribution in [0.5, 0.6) is 0 Å². The van der Waals surface area contributed by atoms with Gasteiger partial charge >= 0.3 is 0 Å². The normalized spacial score (nSPS) is 15.3. The van der Waals surface area contributed by atoms with E-state index in [2.05, 4.69) is 82.2 Å². The van der Waals surface area contributed by atoms with Gasteiger partial charge < -0.3 is 10.2 Å². The topological polar surface area (TPSA) is 15.3 Å². The van der Waals surface area contributed by atoms with Crippen molar-refractivity contribution in [1.82, 2.24) is 10.2 Å². The minimum Gasteiger partial charge on any atom is -0.310 e. The van der Waals surface area contributed by atoms with E-state index in [0.717, 1.165) is 13.1 Å². The molecule has 0 aromatic heterocycles. The maximum Gasteiger partial charge on any atom is 0.0358 e. The molecule has 0 bridgehead atoms. The van der Waals surface area contributed by atoms with Crippen LogP contribution in [0, 0.1) is 5.92 Å². The van der Waals surface area contributed by atoms with Gasteiger partial charge in [-0.25, -0.2) is 0 Å². The first-order chi connectivity index (χ1) is 9.42. The van der Waals surface area contributed by atoms with Crippen LogP contribution in [0.1, 0.15) is 52.6 Å². The number of hydrogen-bond donors (Lipinski definition) is 1. The molecular formula is C18H32N2. The lowest BCUT2D eigenvalue weighted by molar-refractivity contribution is 0.120. The van der Waals surface area contributed by atoms with Crippen LogP contribution in [-0.2, 0) is 0 Å². The number of hydrogen-bond acceptors (Lipinski definition) is 2. The van der Waals surface area contributed by atoms with Gasteiger partial charge in [0.1, 0.15) is 0 Å². The fourth-order valence-corrected chi connectivity index (χ4v) is 2.58. The molecule has 2 heteroatoms. The van der Waals surface area contributed by atoms with Crippen molar-refractivity contribution in [2.24, 2.45) is 5.92 Å². The molecule has 0 radical (unpaired) electrons. The van der Waals surface area contributed by atoms with E-state index >= 15 is 0 Å². The second-order valence-electron chi connectivity index (χ2n) is 6.47. The fourth-order valence-electron chi connectivity index (χ4n) is 2.58. The molecule has 20 heavy (non-hydrogen) atoms. The van der Waals surface area contributed by atoms with E-state index in [4.69, 9.17) is 0 Å². The molecule has 2 nitrogen and oxygen atoms in total. The zero-order chi connectivity index (χ0) is 15.2. The van der Waals surface area contributed by atoms with Crippen LogP contribution < -0.4 is 5.32 Å². The van der Waals surface area contributed by atoms with Gasteiger partial charge in [0, 0.05) is 18.1 Å². The van der Waals surface area contributed by atoms with Crippen LogP contribution >= 0.6 is 0 Å². The van der Waals surface area contributed by atoms with Crippen LogP contribution in [0.25, 0.3) is 0 Å². The number of rotatable bonds is 8. The van der Waals surface area contributed by atoms with E-state index < -0.39 is 0 Å². The summed E-state index contributed by atoms with van der Waals surface area (Å²) in [6.45, 7) is 13.6. The van der Waals surface area contributed by atoms with Crippen LogP contribution in [0.15, 0.2) is 30.3 Å². The Kier molecular flexibility index (Phi) is 6.70. The minimum absolute atomic E-state index is 0.266. The van der Waals surface area contributed by atoms with E-state index in [1.54, 1.807) is 0 Å². The van der Waals surface area contributed by atoms with Gasteiger partial charge in [-0.2, -0.15) is 0 Å². The van der Waals surface area contributed by atoms with Crippen molar-refractivity contribution in [3.8, 4) is 0 Å². The molecule has 0 saturated carbocycles. The fraction of sp³-hybridized carbons (Fsp3) is 0.667. The predicted octanol–water partition coefficient (Wildman–Crippen LogP) is 4.09. The van der Waals surface area contributed by atoms with Crippen molar-refractivity contribution in [3.63, 3.8) is 0 Å². The van der Waals surface area contributed by atoms with Gasteiger partial charge in [0.15, 0.2) is 0 Å². The molecule has 2 unspecified atom stereocenters. The van der Waals surface area contributed by atoms with Gasteiger partial charge in [0.05, 0.1) is 0 Å². The van der Waals surface area contributed by atoms with Crippen LogP contribution in [0.4, 0.5) is 0 Å². The average molecular weight is 276 g/mol. The van der Waals surface area contributed by atoms with Crippen LogP contribution in [0.2, 0.25) is 0 Å². The SMILES string of the molecule is CCNC(c1ccccc1)C(C)CN(C)C(C)(C)CC. The average Bonchev–Trinajstić information content (AvgIpc) is 2.45. The van der Waals surface area contributed by atoms with Gasteiger partial charge in [-0.1, -0.05) is 51.1 Å². The molecule has 0 saturated heterocycles. The maximum absolute atomic E-state index is 3.65. The van der Waals surface area contributed by atoms with Crippen molar-refractivity contribution in [1.29, 1.82) is 0 Å². The third-order valence-electron chi connectivity index (χ3n) is 4.61. The van der Waals surface area contributed by atoms with Crippen molar-refractivity contribution >= 4 is 0 Å². The Morgan fingerprint density at radius 1 is 1.15 bits per heavy atom. The molecule has 0 aliphatic heterocycles. The number of benzene rings is 1. The summed E-state index contributed by atoms with van der Waals surface area (Å²) in [5.41, 5.74) is 1.66. The molecule has 1 aromatic rings. The van der Waals surface area contributed by atoms with E-state index in [1.807, 2.05) is 0 Å². The smallest absolute Gasteiger partial charge is 0.0358 e. The zero-order valence-corrected chi connectivity index (χ0v) is 14.1. The molecule has 0 heterocycles. The molecule has 2 atom stereocenters. The Hall–Kier alpha value is -0.860. The van der Waals surface area contributed by atoms with Gasteiger partial charge in [-0.05, 0) is 45.3 Å². The molecular weight excluding hydrogens is 244 g/mol. The Labute approximate surface area is 125 Å². The summed E-state index contributed by atoms with van der Waals surface area (Å²) in [7, 11) is 2.24. The molecule has 114 valence electrons. The Morgan fingerprint density at radius 2 is 1.75 bits per heavy atom. The van der Waals surface area contributed by atoms with Crippen molar-refractivity contribution in [2.45, 2.75) is 52.6 Å². The molecule has 0 spiro atoms. The molecule has 1 aromatic carbocycles. The molecule has 0 fully saturated rings. The number of nitrogens with zero attached hydrogens (tertiary/aromatic N) is 1. The van der Waals surface area contributed by atoms with E-state index in [0.29, 0.717) is 12.0 Å². The van der Waals surface area contributed by atoms with Crippen molar-refractivity contribution < 1.29 is 0 Å². The van der Waals surface area contributed by atoms with Crippen LogP contribution in [0.3, 0.4) is 0 Å². The summed E-state index contributed by atoms with van der Waals surface area (Å²) in [4.78, 5) is 2.49. The summed E-state index contributed by atoms with van der Waals surface area (Å²) in [5.74, 6) is 0.577. The quantitative estimate of drug-likeness (QED) is 0.769. The summed E-state index contributed by atoms with van der Waals surface area (Å²) >= 11 is 0. The molecule has 0 aliphatic carbocycles. The first-order valence-corrected chi connectivity index (χ1v) is 7.92. The third-order valence-corrected chi connectivity index (χ3v) is 4.61. The third kappa shape index (κ3) is 4.60. The van der Waals surface area contributed by atoms with E-state index in [9.17, 15) is 0 Å². The summed E-state index contributed by atoms with van der Waals surface area (Å²) in [6.07, 6.45) is 1.17. The number of nitrogens with one attached hydrogen (secondary N) is 1.